The Morgan fingerprint density at radius 2 is 2.18 bits per heavy atom. The molecule has 0 bridgehead atoms. The van der Waals surface area contributed by atoms with Crippen molar-refractivity contribution in [2.75, 3.05) is 43.4 Å². The quantitative estimate of drug-likeness (QED) is 0.687. The SMILES string of the molecule is CNC(=O)Nc1ccc(N2CCNCC2)cn1. The lowest BCUT2D eigenvalue weighted by Gasteiger charge is -2.29. The molecule has 1 aliphatic heterocycles. The molecule has 2 rings (SSSR count). The normalized spacial score (nSPS) is 15.5. The van der Waals surface area contributed by atoms with Crippen LogP contribution in [0.2, 0.25) is 0 Å². The second kappa shape index (κ2) is 5.49. The maximum atomic E-state index is 11.1. The molecule has 2 heterocycles. The van der Waals surface area contributed by atoms with Gasteiger partial charge in [0.2, 0.25) is 0 Å². The third kappa shape index (κ3) is 3.07. The number of amides is 2. The fraction of sp³-hybridized carbons (Fsp3) is 0.455. The zero-order valence-electron chi connectivity index (χ0n) is 9.86. The summed E-state index contributed by atoms with van der Waals surface area (Å²) in [4.78, 5) is 17.6. The highest BCUT2D eigenvalue weighted by atomic mass is 16.2. The van der Waals surface area contributed by atoms with Crippen LogP contribution < -0.4 is 20.9 Å². The van der Waals surface area contributed by atoms with Gasteiger partial charge in [0.15, 0.2) is 0 Å². The number of anilines is 2. The fourth-order valence-electron chi connectivity index (χ4n) is 1.75. The predicted octanol–water partition coefficient (Wildman–Crippen LogP) is 0.242. The predicted molar refractivity (Wildman–Crippen MR) is 67.4 cm³/mol. The number of nitrogens with zero attached hydrogens (tertiary/aromatic N) is 2. The molecule has 2 amide bonds. The number of urea groups is 1. The third-order valence-corrected chi connectivity index (χ3v) is 2.70. The molecule has 0 aliphatic carbocycles. The maximum absolute atomic E-state index is 11.1. The summed E-state index contributed by atoms with van der Waals surface area (Å²) >= 11 is 0. The van der Waals surface area contributed by atoms with Crippen LogP contribution >= 0.6 is 0 Å². The van der Waals surface area contributed by atoms with E-state index in [0.717, 1.165) is 31.9 Å². The Balaban J connectivity index is 1.99. The van der Waals surface area contributed by atoms with Crippen molar-refractivity contribution in [1.82, 2.24) is 15.6 Å². The van der Waals surface area contributed by atoms with Crippen LogP contribution in [0.4, 0.5) is 16.3 Å². The Bertz CT molecular complexity index is 372. The maximum Gasteiger partial charge on any atom is 0.320 e. The molecule has 0 aromatic carbocycles. The Labute approximate surface area is 100 Å². The van der Waals surface area contributed by atoms with Crippen molar-refractivity contribution >= 4 is 17.5 Å². The first-order chi connectivity index (χ1) is 8.29. The second-order valence-corrected chi connectivity index (χ2v) is 3.84. The highest BCUT2D eigenvalue weighted by molar-refractivity contribution is 5.88. The van der Waals surface area contributed by atoms with Crippen LogP contribution in [0.1, 0.15) is 0 Å². The average molecular weight is 235 g/mol. The molecule has 0 unspecified atom stereocenters. The average Bonchev–Trinajstić information content (AvgIpc) is 2.40. The summed E-state index contributed by atoms with van der Waals surface area (Å²) in [5.74, 6) is 0.559. The van der Waals surface area contributed by atoms with Gasteiger partial charge in [0.05, 0.1) is 11.9 Å². The Morgan fingerprint density at radius 3 is 2.76 bits per heavy atom. The van der Waals surface area contributed by atoms with Gasteiger partial charge < -0.3 is 15.5 Å². The molecule has 0 atom stereocenters. The van der Waals surface area contributed by atoms with Crippen LogP contribution in [0.3, 0.4) is 0 Å². The van der Waals surface area contributed by atoms with Crippen molar-refractivity contribution in [3.63, 3.8) is 0 Å². The molecule has 0 saturated carbocycles. The highest BCUT2D eigenvalue weighted by Gasteiger charge is 2.10. The minimum absolute atomic E-state index is 0.257. The number of piperazine rings is 1. The van der Waals surface area contributed by atoms with Gasteiger partial charge >= 0.3 is 6.03 Å². The van der Waals surface area contributed by atoms with E-state index in [9.17, 15) is 4.79 Å². The molecular weight excluding hydrogens is 218 g/mol. The third-order valence-electron chi connectivity index (χ3n) is 2.70. The first-order valence-corrected chi connectivity index (χ1v) is 5.70. The van der Waals surface area contributed by atoms with E-state index in [1.54, 1.807) is 13.2 Å². The van der Waals surface area contributed by atoms with Crippen LogP contribution in [-0.4, -0.2) is 44.2 Å². The lowest BCUT2D eigenvalue weighted by atomic mass is 10.3. The van der Waals surface area contributed by atoms with Gasteiger partial charge in [-0.05, 0) is 12.1 Å². The summed E-state index contributed by atoms with van der Waals surface area (Å²) in [5.41, 5.74) is 1.09. The molecule has 1 aromatic rings. The summed E-state index contributed by atoms with van der Waals surface area (Å²) in [6.45, 7) is 3.98. The van der Waals surface area contributed by atoms with E-state index >= 15 is 0 Å². The number of hydrogen-bond acceptors (Lipinski definition) is 4. The van der Waals surface area contributed by atoms with Crippen molar-refractivity contribution in [2.45, 2.75) is 0 Å². The van der Waals surface area contributed by atoms with Crippen molar-refractivity contribution in [3.8, 4) is 0 Å². The van der Waals surface area contributed by atoms with E-state index < -0.39 is 0 Å². The number of hydrogen-bond donors (Lipinski definition) is 3. The molecular formula is C11H17N5O. The monoisotopic (exact) mass is 235 g/mol. The van der Waals surface area contributed by atoms with Crippen molar-refractivity contribution in [2.24, 2.45) is 0 Å². The van der Waals surface area contributed by atoms with Crippen LogP contribution in [0.5, 0.6) is 0 Å². The first kappa shape index (κ1) is 11.7. The highest BCUT2D eigenvalue weighted by Crippen LogP contribution is 2.15. The molecule has 17 heavy (non-hydrogen) atoms. The topological polar surface area (TPSA) is 69.3 Å². The number of aromatic nitrogens is 1. The fourth-order valence-corrected chi connectivity index (χ4v) is 1.75. The van der Waals surface area contributed by atoms with Crippen LogP contribution in [-0.2, 0) is 0 Å². The van der Waals surface area contributed by atoms with Crippen LogP contribution in [0.25, 0.3) is 0 Å². The molecule has 1 aliphatic rings. The van der Waals surface area contributed by atoms with E-state index in [1.165, 1.54) is 0 Å². The Morgan fingerprint density at radius 1 is 1.41 bits per heavy atom. The molecule has 92 valence electrons. The zero-order chi connectivity index (χ0) is 12.1. The first-order valence-electron chi connectivity index (χ1n) is 5.70. The van der Waals surface area contributed by atoms with Gasteiger partial charge in [-0.3, -0.25) is 5.32 Å². The molecule has 1 aromatic heterocycles. The number of pyridine rings is 1. The number of rotatable bonds is 2. The largest absolute Gasteiger partial charge is 0.368 e. The smallest absolute Gasteiger partial charge is 0.320 e. The number of nitrogens with one attached hydrogen (secondary N) is 3. The molecule has 6 nitrogen and oxygen atoms in total. The van der Waals surface area contributed by atoms with Gasteiger partial charge in [0.1, 0.15) is 5.82 Å². The van der Waals surface area contributed by atoms with Crippen molar-refractivity contribution < 1.29 is 4.79 Å². The molecule has 3 N–H and O–H groups in total. The summed E-state index contributed by atoms with van der Waals surface area (Å²) < 4.78 is 0. The minimum Gasteiger partial charge on any atom is -0.368 e. The molecule has 0 spiro atoms. The minimum atomic E-state index is -0.257. The molecule has 1 fully saturated rings. The van der Waals surface area contributed by atoms with E-state index in [1.807, 2.05) is 12.1 Å². The van der Waals surface area contributed by atoms with E-state index in [2.05, 4.69) is 25.8 Å². The van der Waals surface area contributed by atoms with Gasteiger partial charge in [-0.15, -0.1) is 0 Å². The number of carbonyl (C=O) groups is 1. The van der Waals surface area contributed by atoms with Gasteiger partial charge in [0, 0.05) is 33.2 Å². The standard InChI is InChI=1S/C11H17N5O/c1-12-11(17)15-10-3-2-9(8-14-10)16-6-4-13-5-7-16/h2-3,8,13H,4-7H2,1H3,(H2,12,14,15,17). The molecule has 0 radical (unpaired) electrons. The zero-order valence-corrected chi connectivity index (χ0v) is 9.86. The Kier molecular flexibility index (Phi) is 3.77. The lowest BCUT2D eigenvalue weighted by molar-refractivity contribution is 0.254. The van der Waals surface area contributed by atoms with Crippen molar-refractivity contribution in [1.29, 1.82) is 0 Å². The van der Waals surface area contributed by atoms with Gasteiger partial charge in [0.25, 0.3) is 0 Å². The van der Waals surface area contributed by atoms with Crippen molar-refractivity contribution in [3.05, 3.63) is 18.3 Å². The van der Waals surface area contributed by atoms with Gasteiger partial charge in [-0.1, -0.05) is 0 Å². The van der Waals surface area contributed by atoms with Crippen LogP contribution in [0, 0.1) is 0 Å². The van der Waals surface area contributed by atoms with E-state index in [4.69, 9.17) is 0 Å². The van der Waals surface area contributed by atoms with Crippen LogP contribution in [0.15, 0.2) is 18.3 Å². The second-order valence-electron chi connectivity index (χ2n) is 3.84. The summed E-state index contributed by atoms with van der Waals surface area (Å²) in [6.07, 6.45) is 1.79. The summed E-state index contributed by atoms with van der Waals surface area (Å²) in [6, 6.07) is 3.53. The van der Waals surface area contributed by atoms with E-state index in [-0.39, 0.29) is 6.03 Å². The van der Waals surface area contributed by atoms with E-state index in [0.29, 0.717) is 5.82 Å². The Hall–Kier alpha value is -1.82. The summed E-state index contributed by atoms with van der Waals surface area (Å²) in [7, 11) is 1.57. The number of carbonyl (C=O) groups excluding carboxylic acids is 1. The summed E-state index contributed by atoms with van der Waals surface area (Å²) in [5, 5.41) is 8.41. The molecule has 6 heteroatoms. The van der Waals surface area contributed by atoms with Gasteiger partial charge in [-0.2, -0.15) is 0 Å². The van der Waals surface area contributed by atoms with Gasteiger partial charge in [-0.25, -0.2) is 9.78 Å². The lowest BCUT2D eigenvalue weighted by Crippen LogP contribution is -2.43. The molecule has 1 saturated heterocycles.